The number of benzene rings is 1. The van der Waals surface area contributed by atoms with Gasteiger partial charge in [-0.15, -0.1) is 0 Å². The summed E-state index contributed by atoms with van der Waals surface area (Å²) in [6.45, 7) is 3.61. The van der Waals surface area contributed by atoms with Crippen molar-refractivity contribution in [2.24, 2.45) is 0 Å². The zero-order valence-corrected chi connectivity index (χ0v) is 14.6. The van der Waals surface area contributed by atoms with E-state index in [2.05, 4.69) is 10.4 Å². The second kappa shape index (κ2) is 7.51. The van der Waals surface area contributed by atoms with Crippen LogP contribution < -0.4 is 5.32 Å². The Kier molecular flexibility index (Phi) is 5.16. The van der Waals surface area contributed by atoms with E-state index in [4.69, 9.17) is 4.74 Å². The monoisotopic (exact) mass is 341 g/mol. The van der Waals surface area contributed by atoms with E-state index in [1.807, 2.05) is 48.9 Å². The van der Waals surface area contributed by atoms with Crippen molar-refractivity contribution < 1.29 is 14.3 Å². The smallest absolute Gasteiger partial charge is 0.359 e. The number of nitrogens with one attached hydrogen (secondary N) is 1. The number of hydrogen-bond donors (Lipinski definition) is 1. The molecule has 0 saturated heterocycles. The lowest BCUT2D eigenvalue weighted by atomic mass is 10.2. The summed E-state index contributed by atoms with van der Waals surface area (Å²) >= 11 is 0. The van der Waals surface area contributed by atoms with Crippen molar-refractivity contribution in [3.05, 3.63) is 47.3 Å². The molecule has 6 nitrogen and oxygen atoms in total. The van der Waals surface area contributed by atoms with Crippen LogP contribution >= 0.6 is 0 Å². The number of hydrogen-bond acceptors (Lipinski definition) is 4. The molecule has 1 amide bonds. The maximum atomic E-state index is 12.4. The second-order valence-corrected chi connectivity index (χ2v) is 6.33. The first-order chi connectivity index (χ1) is 12.1. The van der Waals surface area contributed by atoms with Crippen LogP contribution in [0.3, 0.4) is 0 Å². The molecule has 6 heteroatoms. The van der Waals surface area contributed by atoms with Crippen LogP contribution in [-0.4, -0.2) is 34.3 Å². The Morgan fingerprint density at radius 1 is 1.28 bits per heavy atom. The summed E-state index contributed by atoms with van der Waals surface area (Å²) in [5.74, 6) is -0.825. The van der Waals surface area contributed by atoms with Crippen molar-refractivity contribution >= 4 is 11.9 Å². The largest absolute Gasteiger partial charge is 0.451 e. The summed E-state index contributed by atoms with van der Waals surface area (Å²) in [6.07, 6.45) is 3.52. The van der Waals surface area contributed by atoms with Crippen LogP contribution in [0.2, 0.25) is 0 Å². The molecule has 1 aromatic heterocycles. The fourth-order valence-electron chi connectivity index (χ4n) is 3.00. The molecular formula is C19H23N3O3. The molecule has 132 valence electrons. The van der Waals surface area contributed by atoms with Crippen molar-refractivity contribution in [1.29, 1.82) is 0 Å². The van der Waals surface area contributed by atoms with E-state index in [9.17, 15) is 9.59 Å². The van der Waals surface area contributed by atoms with E-state index in [0.29, 0.717) is 5.69 Å². The Morgan fingerprint density at radius 3 is 2.76 bits per heavy atom. The number of aromatic nitrogens is 2. The van der Waals surface area contributed by atoms with Gasteiger partial charge in [0.1, 0.15) is 0 Å². The molecule has 0 saturated carbocycles. The van der Waals surface area contributed by atoms with Gasteiger partial charge in [0, 0.05) is 17.3 Å². The maximum absolute atomic E-state index is 12.4. The zero-order valence-electron chi connectivity index (χ0n) is 14.6. The number of esters is 1. The first-order valence-electron chi connectivity index (χ1n) is 8.72. The minimum absolute atomic E-state index is 0.0627. The SMILES string of the molecule is CCC(C)NC(=O)COC(=O)c1nn(-c2ccccc2)c2c1CCC2. The van der Waals surface area contributed by atoms with Crippen molar-refractivity contribution in [1.82, 2.24) is 15.1 Å². The van der Waals surface area contributed by atoms with Crippen LogP contribution in [0.15, 0.2) is 30.3 Å². The number of rotatable bonds is 6. The Balaban J connectivity index is 1.75. The lowest BCUT2D eigenvalue weighted by Crippen LogP contribution is -2.35. The summed E-state index contributed by atoms with van der Waals surface area (Å²) in [5.41, 5.74) is 3.25. The van der Waals surface area contributed by atoms with Gasteiger partial charge in [-0.1, -0.05) is 25.1 Å². The number of para-hydroxylation sites is 1. The van der Waals surface area contributed by atoms with Gasteiger partial charge < -0.3 is 10.1 Å². The fourth-order valence-corrected chi connectivity index (χ4v) is 3.00. The summed E-state index contributed by atoms with van der Waals surface area (Å²) in [5, 5.41) is 7.25. The molecule has 1 heterocycles. The van der Waals surface area contributed by atoms with Gasteiger partial charge in [0.15, 0.2) is 12.3 Å². The topological polar surface area (TPSA) is 73.2 Å². The molecule has 1 N–H and O–H groups in total. The third-order valence-electron chi connectivity index (χ3n) is 4.48. The summed E-state index contributed by atoms with van der Waals surface area (Å²) < 4.78 is 7.00. The number of ether oxygens (including phenoxy) is 1. The maximum Gasteiger partial charge on any atom is 0.359 e. The van der Waals surface area contributed by atoms with Crippen molar-refractivity contribution in [2.45, 2.75) is 45.6 Å². The van der Waals surface area contributed by atoms with Gasteiger partial charge in [-0.05, 0) is 44.7 Å². The predicted molar refractivity (Wildman–Crippen MR) is 93.8 cm³/mol. The quantitative estimate of drug-likeness (QED) is 0.819. The van der Waals surface area contributed by atoms with Gasteiger partial charge in [0.25, 0.3) is 5.91 Å². The van der Waals surface area contributed by atoms with E-state index in [0.717, 1.165) is 42.6 Å². The van der Waals surface area contributed by atoms with Crippen LogP contribution in [0.5, 0.6) is 0 Å². The average Bonchev–Trinajstić information content (AvgIpc) is 3.22. The standard InChI is InChI=1S/C19H23N3O3/c1-3-13(2)20-17(23)12-25-19(24)18-15-10-7-11-16(15)22(21-18)14-8-5-4-6-9-14/h4-6,8-9,13H,3,7,10-12H2,1-2H3,(H,20,23). The van der Waals surface area contributed by atoms with Crippen molar-refractivity contribution in [3.63, 3.8) is 0 Å². The van der Waals surface area contributed by atoms with E-state index < -0.39 is 5.97 Å². The van der Waals surface area contributed by atoms with Crippen LogP contribution in [0, 0.1) is 0 Å². The number of carbonyl (C=O) groups is 2. The molecule has 2 aromatic rings. The highest BCUT2D eigenvalue weighted by molar-refractivity contribution is 5.91. The molecular weight excluding hydrogens is 318 g/mol. The van der Waals surface area contributed by atoms with Crippen LogP contribution in [0.4, 0.5) is 0 Å². The fraction of sp³-hybridized carbons (Fsp3) is 0.421. The van der Waals surface area contributed by atoms with Gasteiger partial charge in [0.2, 0.25) is 0 Å². The van der Waals surface area contributed by atoms with Crippen LogP contribution in [0.25, 0.3) is 5.69 Å². The Bertz CT molecular complexity index is 768. The van der Waals surface area contributed by atoms with Gasteiger partial charge in [-0.2, -0.15) is 5.10 Å². The van der Waals surface area contributed by atoms with Crippen molar-refractivity contribution in [2.75, 3.05) is 6.61 Å². The molecule has 0 radical (unpaired) electrons. The molecule has 0 bridgehead atoms. The highest BCUT2D eigenvalue weighted by atomic mass is 16.5. The van der Waals surface area contributed by atoms with Gasteiger partial charge in [0.05, 0.1) is 5.69 Å². The minimum atomic E-state index is -0.535. The molecule has 0 spiro atoms. The lowest BCUT2D eigenvalue weighted by Gasteiger charge is -2.11. The lowest BCUT2D eigenvalue weighted by molar-refractivity contribution is -0.124. The van der Waals surface area contributed by atoms with Gasteiger partial charge >= 0.3 is 5.97 Å². The van der Waals surface area contributed by atoms with E-state index in [1.54, 1.807) is 0 Å². The van der Waals surface area contributed by atoms with Crippen LogP contribution in [0.1, 0.15) is 48.4 Å². The van der Waals surface area contributed by atoms with Crippen LogP contribution in [-0.2, 0) is 22.4 Å². The highest BCUT2D eigenvalue weighted by Gasteiger charge is 2.28. The molecule has 25 heavy (non-hydrogen) atoms. The predicted octanol–water partition coefficient (Wildman–Crippen LogP) is 2.43. The molecule has 1 aliphatic rings. The molecule has 3 rings (SSSR count). The highest BCUT2D eigenvalue weighted by Crippen LogP contribution is 2.28. The molecule has 0 aliphatic heterocycles. The number of fused-ring (bicyclic) bond motifs is 1. The average molecular weight is 341 g/mol. The minimum Gasteiger partial charge on any atom is -0.451 e. The summed E-state index contributed by atoms with van der Waals surface area (Å²) in [4.78, 5) is 24.2. The third kappa shape index (κ3) is 3.73. The number of nitrogens with zero attached hydrogens (tertiary/aromatic N) is 2. The molecule has 1 atom stereocenters. The Morgan fingerprint density at radius 2 is 2.04 bits per heavy atom. The molecule has 0 fully saturated rings. The van der Waals surface area contributed by atoms with E-state index >= 15 is 0 Å². The van der Waals surface area contributed by atoms with Gasteiger partial charge in [-0.25, -0.2) is 9.48 Å². The summed E-state index contributed by atoms with van der Waals surface area (Å²) in [7, 11) is 0. The first kappa shape index (κ1) is 17.2. The van der Waals surface area contributed by atoms with E-state index in [-0.39, 0.29) is 18.6 Å². The zero-order chi connectivity index (χ0) is 17.8. The number of carbonyl (C=O) groups excluding carboxylic acids is 2. The third-order valence-corrected chi connectivity index (χ3v) is 4.48. The van der Waals surface area contributed by atoms with Gasteiger partial charge in [-0.3, -0.25) is 4.79 Å². The Labute approximate surface area is 147 Å². The number of amides is 1. The summed E-state index contributed by atoms with van der Waals surface area (Å²) in [6, 6.07) is 9.80. The normalized spacial score (nSPS) is 14.0. The molecule has 1 aromatic carbocycles. The molecule has 1 aliphatic carbocycles. The van der Waals surface area contributed by atoms with Crippen molar-refractivity contribution in [3.8, 4) is 5.69 Å². The Hall–Kier alpha value is -2.63. The molecule has 1 unspecified atom stereocenters. The van der Waals surface area contributed by atoms with E-state index in [1.165, 1.54) is 0 Å². The second-order valence-electron chi connectivity index (χ2n) is 6.33. The first-order valence-corrected chi connectivity index (χ1v) is 8.72.